The SMILES string of the molecule is Nc1nc(-c2ccccc2)nc2nn(Cc3ccc(Br)cc3)cc12. The minimum absolute atomic E-state index is 0.445. The summed E-state index contributed by atoms with van der Waals surface area (Å²) in [6.07, 6.45) is 1.89. The van der Waals surface area contributed by atoms with Crippen molar-refractivity contribution >= 4 is 32.8 Å². The molecule has 0 atom stereocenters. The molecule has 118 valence electrons. The fraction of sp³-hybridized carbons (Fsp3) is 0.0556. The van der Waals surface area contributed by atoms with Crippen LogP contribution in [0.15, 0.2) is 65.3 Å². The summed E-state index contributed by atoms with van der Waals surface area (Å²) in [6, 6.07) is 17.9. The summed E-state index contributed by atoms with van der Waals surface area (Å²) in [5.74, 6) is 1.04. The van der Waals surface area contributed by atoms with Gasteiger partial charge in [0.05, 0.1) is 11.9 Å². The molecule has 0 spiro atoms. The summed E-state index contributed by atoms with van der Waals surface area (Å²) in [5.41, 5.74) is 8.80. The van der Waals surface area contributed by atoms with Crippen LogP contribution >= 0.6 is 15.9 Å². The lowest BCUT2D eigenvalue weighted by atomic mass is 10.2. The van der Waals surface area contributed by atoms with Gasteiger partial charge in [0, 0.05) is 16.2 Å². The molecule has 6 heteroatoms. The van der Waals surface area contributed by atoms with Crippen molar-refractivity contribution in [2.24, 2.45) is 0 Å². The van der Waals surface area contributed by atoms with E-state index < -0.39 is 0 Å². The summed E-state index contributed by atoms with van der Waals surface area (Å²) in [7, 11) is 0. The molecule has 0 fully saturated rings. The first-order valence-electron chi connectivity index (χ1n) is 7.49. The van der Waals surface area contributed by atoms with E-state index in [-0.39, 0.29) is 0 Å². The molecule has 0 bridgehead atoms. The van der Waals surface area contributed by atoms with E-state index in [1.807, 2.05) is 53.3 Å². The Bertz CT molecular complexity index is 993. The van der Waals surface area contributed by atoms with E-state index in [0.717, 1.165) is 21.0 Å². The number of hydrogen-bond acceptors (Lipinski definition) is 4. The van der Waals surface area contributed by atoms with Crippen LogP contribution in [0, 0.1) is 0 Å². The lowest BCUT2D eigenvalue weighted by molar-refractivity contribution is 0.693. The average molecular weight is 380 g/mol. The molecule has 2 aromatic heterocycles. The minimum Gasteiger partial charge on any atom is -0.383 e. The van der Waals surface area contributed by atoms with Gasteiger partial charge in [-0.25, -0.2) is 9.97 Å². The van der Waals surface area contributed by atoms with Gasteiger partial charge in [0.25, 0.3) is 0 Å². The van der Waals surface area contributed by atoms with Crippen LogP contribution in [0.5, 0.6) is 0 Å². The van der Waals surface area contributed by atoms with E-state index in [1.165, 1.54) is 0 Å². The Labute approximate surface area is 147 Å². The van der Waals surface area contributed by atoms with Gasteiger partial charge in [0.2, 0.25) is 0 Å². The van der Waals surface area contributed by atoms with E-state index in [9.17, 15) is 0 Å². The molecule has 0 saturated heterocycles. The molecular formula is C18H14BrN5. The molecular weight excluding hydrogens is 366 g/mol. The fourth-order valence-corrected chi connectivity index (χ4v) is 2.81. The third kappa shape index (κ3) is 2.88. The molecule has 5 nitrogen and oxygen atoms in total. The second kappa shape index (κ2) is 6.05. The molecule has 0 aliphatic rings. The highest BCUT2D eigenvalue weighted by molar-refractivity contribution is 9.10. The fourth-order valence-electron chi connectivity index (χ4n) is 2.55. The first-order valence-corrected chi connectivity index (χ1v) is 8.29. The van der Waals surface area contributed by atoms with Crippen molar-refractivity contribution in [3.8, 4) is 11.4 Å². The molecule has 2 N–H and O–H groups in total. The Balaban J connectivity index is 1.72. The summed E-state index contributed by atoms with van der Waals surface area (Å²) in [6.45, 7) is 0.656. The number of nitrogens with two attached hydrogens (primary N) is 1. The van der Waals surface area contributed by atoms with Crippen molar-refractivity contribution in [1.82, 2.24) is 19.7 Å². The van der Waals surface area contributed by atoms with Crippen LogP contribution in [0.25, 0.3) is 22.4 Å². The van der Waals surface area contributed by atoms with Crippen molar-refractivity contribution in [2.75, 3.05) is 5.73 Å². The van der Waals surface area contributed by atoms with Crippen molar-refractivity contribution in [1.29, 1.82) is 0 Å². The number of nitrogens with zero attached hydrogens (tertiary/aromatic N) is 4. The van der Waals surface area contributed by atoms with E-state index in [2.05, 4.69) is 43.1 Å². The molecule has 0 unspecified atom stereocenters. The van der Waals surface area contributed by atoms with Crippen LogP contribution in [0.4, 0.5) is 5.82 Å². The summed E-state index contributed by atoms with van der Waals surface area (Å²) < 4.78 is 2.90. The van der Waals surface area contributed by atoms with Crippen molar-refractivity contribution in [3.63, 3.8) is 0 Å². The average Bonchev–Trinajstić information content (AvgIpc) is 3.01. The molecule has 0 aliphatic carbocycles. The van der Waals surface area contributed by atoms with Gasteiger partial charge in [-0.15, -0.1) is 0 Å². The number of benzene rings is 2. The van der Waals surface area contributed by atoms with E-state index in [4.69, 9.17) is 5.73 Å². The number of nitrogen functional groups attached to an aromatic ring is 1. The molecule has 0 radical (unpaired) electrons. The molecule has 2 heterocycles. The number of halogens is 1. The van der Waals surface area contributed by atoms with Crippen LogP contribution in [-0.2, 0) is 6.54 Å². The lowest BCUT2D eigenvalue weighted by Crippen LogP contribution is -1.99. The largest absolute Gasteiger partial charge is 0.383 e. The normalized spacial score (nSPS) is 11.0. The molecule has 2 aromatic carbocycles. The van der Waals surface area contributed by atoms with E-state index >= 15 is 0 Å². The smallest absolute Gasteiger partial charge is 0.186 e. The van der Waals surface area contributed by atoms with Gasteiger partial charge in [-0.3, -0.25) is 4.68 Å². The molecule has 0 aliphatic heterocycles. The Morgan fingerprint density at radius 1 is 0.958 bits per heavy atom. The Morgan fingerprint density at radius 2 is 1.71 bits per heavy atom. The molecule has 4 rings (SSSR count). The monoisotopic (exact) mass is 379 g/mol. The number of rotatable bonds is 3. The molecule has 24 heavy (non-hydrogen) atoms. The van der Waals surface area contributed by atoms with Gasteiger partial charge >= 0.3 is 0 Å². The maximum absolute atomic E-state index is 6.11. The number of aromatic nitrogens is 4. The third-order valence-electron chi connectivity index (χ3n) is 3.75. The topological polar surface area (TPSA) is 69.6 Å². The standard InChI is InChI=1S/C18H14BrN5/c19-14-8-6-12(7-9-14)10-24-11-15-16(20)21-17(22-18(15)23-24)13-4-2-1-3-5-13/h1-9,11H,10H2,(H2,20,21,22,23). The first-order chi connectivity index (χ1) is 11.7. The number of fused-ring (bicyclic) bond motifs is 1. The van der Waals surface area contributed by atoms with E-state index in [1.54, 1.807) is 0 Å². The zero-order valence-corrected chi connectivity index (χ0v) is 14.3. The highest BCUT2D eigenvalue weighted by Crippen LogP contribution is 2.22. The van der Waals surface area contributed by atoms with Crippen molar-refractivity contribution in [2.45, 2.75) is 6.54 Å². The lowest BCUT2D eigenvalue weighted by Gasteiger charge is -2.01. The summed E-state index contributed by atoms with van der Waals surface area (Å²) >= 11 is 3.44. The Kier molecular flexibility index (Phi) is 3.74. The van der Waals surface area contributed by atoms with Gasteiger partial charge in [-0.1, -0.05) is 58.4 Å². The van der Waals surface area contributed by atoms with Crippen molar-refractivity contribution in [3.05, 3.63) is 70.8 Å². The maximum Gasteiger partial charge on any atom is 0.186 e. The zero-order valence-electron chi connectivity index (χ0n) is 12.7. The van der Waals surface area contributed by atoms with E-state index in [0.29, 0.717) is 23.8 Å². The van der Waals surface area contributed by atoms with Gasteiger partial charge < -0.3 is 5.73 Å². The third-order valence-corrected chi connectivity index (χ3v) is 4.27. The second-order valence-electron chi connectivity index (χ2n) is 5.49. The first kappa shape index (κ1) is 14.8. The van der Waals surface area contributed by atoms with Crippen molar-refractivity contribution < 1.29 is 0 Å². The van der Waals surface area contributed by atoms with Crippen LogP contribution in [-0.4, -0.2) is 19.7 Å². The maximum atomic E-state index is 6.11. The Morgan fingerprint density at radius 3 is 2.46 bits per heavy atom. The van der Waals surface area contributed by atoms with Gasteiger partial charge in [-0.05, 0) is 17.7 Å². The van der Waals surface area contributed by atoms with Crippen LogP contribution in [0.3, 0.4) is 0 Å². The molecule has 0 saturated carbocycles. The predicted molar refractivity (Wildman–Crippen MR) is 98.4 cm³/mol. The molecule has 0 amide bonds. The number of hydrogen-bond donors (Lipinski definition) is 1. The van der Waals surface area contributed by atoms with Crippen LogP contribution in [0.2, 0.25) is 0 Å². The minimum atomic E-state index is 0.445. The predicted octanol–water partition coefficient (Wildman–Crippen LogP) is 3.89. The zero-order chi connectivity index (χ0) is 16.5. The quantitative estimate of drug-likeness (QED) is 0.586. The Hall–Kier alpha value is -2.73. The van der Waals surface area contributed by atoms with Gasteiger partial charge in [0.1, 0.15) is 5.82 Å². The molecule has 4 aromatic rings. The number of anilines is 1. The second-order valence-corrected chi connectivity index (χ2v) is 6.40. The summed E-state index contributed by atoms with van der Waals surface area (Å²) in [5, 5.41) is 5.32. The highest BCUT2D eigenvalue weighted by atomic mass is 79.9. The van der Waals surface area contributed by atoms with Gasteiger partial charge in [0.15, 0.2) is 11.5 Å². The van der Waals surface area contributed by atoms with Gasteiger partial charge in [-0.2, -0.15) is 5.10 Å². The van der Waals surface area contributed by atoms with Crippen LogP contribution in [0.1, 0.15) is 5.56 Å². The summed E-state index contributed by atoms with van der Waals surface area (Å²) in [4.78, 5) is 8.96. The van der Waals surface area contributed by atoms with Crippen LogP contribution < -0.4 is 5.73 Å². The highest BCUT2D eigenvalue weighted by Gasteiger charge is 2.11.